The summed E-state index contributed by atoms with van der Waals surface area (Å²) in [7, 11) is 0. The number of halogens is 1. The Balaban J connectivity index is 1.84. The van der Waals surface area contributed by atoms with Gasteiger partial charge in [-0.15, -0.1) is 22.9 Å². The molecule has 1 aliphatic rings. The first-order chi connectivity index (χ1) is 8.78. The van der Waals surface area contributed by atoms with Crippen LogP contribution in [0.1, 0.15) is 23.2 Å². The lowest BCUT2D eigenvalue weighted by Gasteiger charge is -2.23. The van der Waals surface area contributed by atoms with E-state index in [-0.39, 0.29) is 0 Å². The molecule has 1 unspecified atom stereocenters. The summed E-state index contributed by atoms with van der Waals surface area (Å²) < 4.78 is 0. The normalized spacial score (nSPS) is 18.1. The Morgan fingerprint density at radius 2 is 2.28 bits per heavy atom. The highest BCUT2D eigenvalue weighted by atomic mass is 35.5. The zero-order valence-electron chi connectivity index (χ0n) is 10.3. The van der Waals surface area contributed by atoms with Gasteiger partial charge in [0.05, 0.1) is 18.1 Å². The molecule has 2 aromatic rings. The molecule has 2 heterocycles. The summed E-state index contributed by atoms with van der Waals surface area (Å²) in [5.41, 5.74) is 3.78. The molecular weight excluding hydrogens is 264 g/mol. The molecule has 0 radical (unpaired) electrons. The molecule has 0 bridgehead atoms. The molecule has 4 heteroatoms. The molecule has 18 heavy (non-hydrogen) atoms. The first-order valence-corrected chi connectivity index (χ1v) is 7.53. The number of aromatic nitrogens is 1. The number of nitrogens with zero attached hydrogens (tertiary/aromatic N) is 2. The van der Waals surface area contributed by atoms with Gasteiger partial charge in [0.2, 0.25) is 0 Å². The van der Waals surface area contributed by atoms with E-state index in [0.717, 1.165) is 23.7 Å². The van der Waals surface area contributed by atoms with Gasteiger partial charge in [0.15, 0.2) is 0 Å². The van der Waals surface area contributed by atoms with Gasteiger partial charge in [0, 0.05) is 17.1 Å². The van der Waals surface area contributed by atoms with Crippen molar-refractivity contribution in [2.45, 2.75) is 31.8 Å². The van der Waals surface area contributed by atoms with Crippen molar-refractivity contribution < 1.29 is 0 Å². The van der Waals surface area contributed by atoms with Gasteiger partial charge in [0.25, 0.3) is 0 Å². The third-order valence-electron chi connectivity index (χ3n) is 3.39. The van der Waals surface area contributed by atoms with Crippen LogP contribution in [0, 0.1) is 0 Å². The molecule has 0 saturated carbocycles. The second-order valence-corrected chi connectivity index (χ2v) is 5.89. The van der Waals surface area contributed by atoms with Crippen molar-refractivity contribution >= 4 is 28.6 Å². The molecule has 1 aliphatic heterocycles. The highest BCUT2D eigenvalue weighted by Crippen LogP contribution is 2.33. The fourth-order valence-corrected chi connectivity index (χ4v) is 3.52. The molecule has 0 spiro atoms. The number of hydrogen-bond acceptors (Lipinski definition) is 3. The van der Waals surface area contributed by atoms with E-state index < -0.39 is 0 Å². The van der Waals surface area contributed by atoms with E-state index in [9.17, 15) is 0 Å². The summed E-state index contributed by atoms with van der Waals surface area (Å²) in [4.78, 5) is 6.98. The van der Waals surface area contributed by atoms with Crippen LogP contribution in [-0.4, -0.2) is 11.0 Å². The molecule has 0 amide bonds. The number of fused-ring (bicyclic) bond motifs is 1. The second-order valence-electron chi connectivity index (χ2n) is 4.68. The summed E-state index contributed by atoms with van der Waals surface area (Å²) in [5.74, 6) is 0.503. The van der Waals surface area contributed by atoms with Crippen LogP contribution in [-0.2, 0) is 18.8 Å². The smallest absolute Gasteiger partial charge is 0.112 e. The van der Waals surface area contributed by atoms with E-state index in [1.807, 2.05) is 0 Å². The van der Waals surface area contributed by atoms with Crippen molar-refractivity contribution in [1.82, 2.24) is 4.98 Å². The minimum atomic E-state index is 0.503. The van der Waals surface area contributed by atoms with Crippen molar-refractivity contribution in [3.63, 3.8) is 0 Å². The molecule has 1 aromatic heterocycles. The van der Waals surface area contributed by atoms with Crippen LogP contribution in [0.25, 0.3) is 0 Å². The Hall–Kier alpha value is -1.06. The van der Waals surface area contributed by atoms with Crippen LogP contribution in [0.5, 0.6) is 0 Å². The van der Waals surface area contributed by atoms with Gasteiger partial charge in [-0.2, -0.15) is 0 Å². The predicted molar refractivity (Wildman–Crippen MR) is 77.5 cm³/mol. The van der Waals surface area contributed by atoms with Crippen molar-refractivity contribution in [3.8, 4) is 0 Å². The first-order valence-electron chi connectivity index (χ1n) is 6.11. The van der Waals surface area contributed by atoms with E-state index in [0.29, 0.717) is 11.9 Å². The third-order valence-corrected chi connectivity index (χ3v) is 4.55. The van der Waals surface area contributed by atoms with Gasteiger partial charge < -0.3 is 4.90 Å². The number of para-hydroxylation sites is 1. The Morgan fingerprint density at radius 3 is 3.06 bits per heavy atom. The highest BCUT2D eigenvalue weighted by molar-refractivity contribution is 7.09. The largest absolute Gasteiger partial charge is 0.362 e. The molecule has 94 valence electrons. The van der Waals surface area contributed by atoms with Crippen LogP contribution in [0.4, 0.5) is 5.69 Å². The first kappa shape index (κ1) is 12.0. The topological polar surface area (TPSA) is 16.1 Å². The van der Waals surface area contributed by atoms with Gasteiger partial charge in [0.1, 0.15) is 5.01 Å². The van der Waals surface area contributed by atoms with E-state index in [1.54, 1.807) is 11.3 Å². The van der Waals surface area contributed by atoms with Crippen molar-refractivity contribution in [2.75, 3.05) is 4.90 Å². The van der Waals surface area contributed by atoms with E-state index in [1.165, 1.54) is 11.3 Å². The molecule has 1 aromatic carbocycles. The lowest BCUT2D eigenvalue weighted by Crippen LogP contribution is -2.28. The average molecular weight is 279 g/mol. The number of anilines is 1. The zero-order chi connectivity index (χ0) is 12.5. The Bertz CT molecular complexity index is 552. The lowest BCUT2D eigenvalue weighted by molar-refractivity contribution is 0.670. The monoisotopic (exact) mass is 278 g/mol. The standard InChI is InChI=1S/C14H15ClN2S/c1-10-6-11-4-2-3-5-13(11)17(10)8-14-16-12(7-15)9-18-14/h2-5,9-10H,6-8H2,1H3. The van der Waals surface area contributed by atoms with E-state index >= 15 is 0 Å². The fourth-order valence-electron chi connectivity index (χ4n) is 2.50. The maximum absolute atomic E-state index is 5.80. The molecule has 0 saturated heterocycles. The van der Waals surface area contributed by atoms with Gasteiger partial charge >= 0.3 is 0 Å². The summed E-state index contributed by atoms with van der Waals surface area (Å²) in [5, 5.41) is 3.20. The molecule has 2 nitrogen and oxygen atoms in total. The predicted octanol–water partition coefficient (Wildman–Crippen LogP) is 3.83. The molecule has 0 aliphatic carbocycles. The Morgan fingerprint density at radius 1 is 1.44 bits per heavy atom. The van der Waals surface area contributed by atoms with Gasteiger partial charge in [-0.25, -0.2) is 4.98 Å². The van der Waals surface area contributed by atoms with Crippen molar-refractivity contribution in [2.24, 2.45) is 0 Å². The number of rotatable bonds is 3. The SMILES string of the molecule is CC1Cc2ccccc2N1Cc1nc(CCl)cs1. The van der Waals surface area contributed by atoms with Crippen LogP contribution in [0.2, 0.25) is 0 Å². The number of benzene rings is 1. The molecule has 0 fully saturated rings. The molecule has 3 rings (SSSR count). The second kappa shape index (κ2) is 4.90. The van der Waals surface area contributed by atoms with Crippen LogP contribution < -0.4 is 4.90 Å². The highest BCUT2D eigenvalue weighted by Gasteiger charge is 2.25. The van der Waals surface area contributed by atoms with Crippen LogP contribution >= 0.6 is 22.9 Å². The zero-order valence-corrected chi connectivity index (χ0v) is 11.8. The van der Waals surface area contributed by atoms with Crippen LogP contribution in [0.15, 0.2) is 29.6 Å². The lowest BCUT2D eigenvalue weighted by atomic mass is 10.1. The summed E-state index contributed by atoms with van der Waals surface area (Å²) in [6.07, 6.45) is 1.13. The van der Waals surface area contributed by atoms with E-state index in [2.05, 4.69) is 46.5 Å². The number of thiazole rings is 1. The minimum Gasteiger partial charge on any atom is -0.362 e. The number of alkyl halides is 1. The Kier molecular flexibility index (Phi) is 3.27. The fraction of sp³-hybridized carbons (Fsp3) is 0.357. The average Bonchev–Trinajstić information content (AvgIpc) is 2.96. The summed E-state index contributed by atoms with van der Waals surface area (Å²) >= 11 is 7.50. The maximum atomic E-state index is 5.80. The van der Waals surface area contributed by atoms with E-state index in [4.69, 9.17) is 11.6 Å². The van der Waals surface area contributed by atoms with Gasteiger partial charge in [-0.05, 0) is 25.0 Å². The third kappa shape index (κ3) is 2.13. The summed E-state index contributed by atoms with van der Waals surface area (Å²) in [6.45, 7) is 3.16. The van der Waals surface area contributed by atoms with Crippen LogP contribution in [0.3, 0.4) is 0 Å². The van der Waals surface area contributed by atoms with Gasteiger partial charge in [-0.3, -0.25) is 0 Å². The minimum absolute atomic E-state index is 0.503. The molecule has 0 N–H and O–H groups in total. The maximum Gasteiger partial charge on any atom is 0.112 e. The van der Waals surface area contributed by atoms with Crippen molar-refractivity contribution in [1.29, 1.82) is 0 Å². The molecule has 1 atom stereocenters. The van der Waals surface area contributed by atoms with Gasteiger partial charge in [-0.1, -0.05) is 18.2 Å². The number of hydrogen-bond donors (Lipinski definition) is 0. The Labute approximate surface area is 116 Å². The quantitative estimate of drug-likeness (QED) is 0.793. The summed E-state index contributed by atoms with van der Waals surface area (Å²) in [6, 6.07) is 9.19. The molecular formula is C14H15ClN2S. The van der Waals surface area contributed by atoms with Crippen molar-refractivity contribution in [3.05, 3.63) is 45.9 Å².